The molecule has 0 aliphatic heterocycles. The van der Waals surface area contributed by atoms with Crippen LogP contribution in [0.1, 0.15) is 40.3 Å². The molecule has 1 saturated carbocycles. The zero-order chi connectivity index (χ0) is 19.7. The largest absolute Gasteiger partial charge is 0.459 e. The fourth-order valence-electron chi connectivity index (χ4n) is 3.13. The van der Waals surface area contributed by atoms with Gasteiger partial charge in [0.1, 0.15) is 5.82 Å². The van der Waals surface area contributed by atoms with Gasteiger partial charge in [0.05, 0.1) is 18.4 Å². The van der Waals surface area contributed by atoms with Crippen LogP contribution < -0.4 is 0 Å². The van der Waals surface area contributed by atoms with E-state index >= 15 is 0 Å². The summed E-state index contributed by atoms with van der Waals surface area (Å²) >= 11 is 0. The number of carbonyl (C=O) groups excluding carboxylic acids is 1. The predicted octanol–water partition coefficient (Wildman–Crippen LogP) is 4.35. The fraction of sp³-hybridized carbons (Fsp3) is 0.300. The molecule has 5 nitrogen and oxygen atoms in total. The van der Waals surface area contributed by atoms with Crippen LogP contribution in [0.4, 0.5) is 13.2 Å². The summed E-state index contributed by atoms with van der Waals surface area (Å²) in [6.07, 6.45) is 2.20. The molecule has 4 rings (SSSR count). The lowest BCUT2D eigenvalue weighted by molar-refractivity contribution is -0.137. The van der Waals surface area contributed by atoms with Crippen LogP contribution >= 0.6 is 0 Å². The van der Waals surface area contributed by atoms with Crippen molar-refractivity contribution >= 4 is 5.91 Å². The van der Waals surface area contributed by atoms with Crippen molar-refractivity contribution in [3.63, 3.8) is 0 Å². The van der Waals surface area contributed by atoms with E-state index in [9.17, 15) is 18.0 Å². The number of furan rings is 1. The van der Waals surface area contributed by atoms with Crippen molar-refractivity contribution in [1.29, 1.82) is 0 Å². The molecule has 1 aromatic carbocycles. The molecule has 1 aliphatic rings. The molecule has 0 atom stereocenters. The number of carbonyl (C=O) groups is 1. The minimum absolute atomic E-state index is 0.135. The van der Waals surface area contributed by atoms with Crippen LogP contribution in [0.2, 0.25) is 0 Å². The van der Waals surface area contributed by atoms with Gasteiger partial charge in [-0.2, -0.15) is 13.2 Å². The van der Waals surface area contributed by atoms with E-state index < -0.39 is 11.7 Å². The predicted molar refractivity (Wildman–Crippen MR) is 94.4 cm³/mol. The van der Waals surface area contributed by atoms with Gasteiger partial charge in [0.25, 0.3) is 5.91 Å². The molecule has 146 valence electrons. The third kappa shape index (κ3) is 3.95. The highest BCUT2D eigenvalue weighted by molar-refractivity contribution is 5.91. The van der Waals surface area contributed by atoms with Crippen molar-refractivity contribution in [2.45, 2.75) is 38.1 Å². The van der Waals surface area contributed by atoms with Gasteiger partial charge >= 0.3 is 6.18 Å². The normalized spacial score (nSPS) is 14.2. The second-order valence-electron chi connectivity index (χ2n) is 6.81. The summed E-state index contributed by atoms with van der Waals surface area (Å²) in [4.78, 5) is 18.7. The molecular formula is C20H18F3N3O2. The molecule has 0 bridgehead atoms. The summed E-state index contributed by atoms with van der Waals surface area (Å²) in [7, 11) is 0. The van der Waals surface area contributed by atoms with Gasteiger partial charge in [0.2, 0.25) is 0 Å². The van der Waals surface area contributed by atoms with Crippen LogP contribution in [0.5, 0.6) is 0 Å². The summed E-state index contributed by atoms with van der Waals surface area (Å²) in [5.74, 6) is 0.674. The number of benzene rings is 1. The van der Waals surface area contributed by atoms with Gasteiger partial charge in [-0.05, 0) is 42.7 Å². The first-order valence-electron chi connectivity index (χ1n) is 8.92. The Kier molecular flexibility index (Phi) is 4.70. The maximum Gasteiger partial charge on any atom is 0.416 e. The molecule has 1 amide bonds. The number of alkyl halides is 3. The number of amides is 1. The quantitative estimate of drug-likeness (QED) is 0.630. The Hall–Kier alpha value is -3.03. The van der Waals surface area contributed by atoms with Gasteiger partial charge in [0, 0.05) is 25.0 Å². The molecular weight excluding hydrogens is 371 g/mol. The number of nitrogens with zero attached hydrogens (tertiary/aromatic N) is 3. The Bertz CT molecular complexity index is 959. The van der Waals surface area contributed by atoms with Gasteiger partial charge in [-0.25, -0.2) is 4.98 Å². The molecule has 0 radical (unpaired) electrons. The number of hydrogen-bond acceptors (Lipinski definition) is 3. The van der Waals surface area contributed by atoms with Crippen LogP contribution in [-0.2, 0) is 19.3 Å². The first-order chi connectivity index (χ1) is 13.4. The molecule has 28 heavy (non-hydrogen) atoms. The number of hydrogen-bond donors (Lipinski definition) is 0. The lowest BCUT2D eigenvalue weighted by Crippen LogP contribution is -2.33. The van der Waals surface area contributed by atoms with Crippen molar-refractivity contribution in [3.05, 3.63) is 77.8 Å². The second kappa shape index (κ2) is 7.18. The van der Waals surface area contributed by atoms with Crippen LogP contribution in [0.3, 0.4) is 0 Å². The molecule has 1 aliphatic carbocycles. The smallest absolute Gasteiger partial charge is 0.416 e. The summed E-state index contributed by atoms with van der Waals surface area (Å²) < 4.78 is 45.8. The topological polar surface area (TPSA) is 51.3 Å². The Morgan fingerprint density at radius 1 is 1.25 bits per heavy atom. The molecule has 2 aromatic heterocycles. The summed E-state index contributed by atoms with van der Waals surface area (Å²) in [6.45, 7) is 0.517. The summed E-state index contributed by atoms with van der Waals surface area (Å²) in [6, 6.07) is 8.64. The molecule has 0 unspecified atom stereocenters. The van der Waals surface area contributed by atoms with E-state index in [1.807, 2.05) is 0 Å². The first kappa shape index (κ1) is 18.3. The van der Waals surface area contributed by atoms with Crippen molar-refractivity contribution in [3.8, 4) is 0 Å². The lowest BCUT2D eigenvalue weighted by atomic mass is 10.1. The lowest BCUT2D eigenvalue weighted by Gasteiger charge is -2.21. The highest BCUT2D eigenvalue weighted by Crippen LogP contribution is 2.31. The van der Waals surface area contributed by atoms with E-state index in [0.29, 0.717) is 11.4 Å². The third-order valence-electron chi connectivity index (χ3n) is 4.70. The maximum atomic E-state index is 12.9. The standard InChI is InChI=1S/C20H18F3N3O2/c21-20(22,23)15-4-1-3-14(11-15)12-25-9-8-24-18(25)13-26(16-6-7-16)19(27)17-5-2-10-28-17/h1-5,8-11,16H,6-7,12-13H2. The molecule has 2 heterocycles. The molecule has 1 fully saturated rings. The minimum atomic E-state index is -4.38. The Morgan fingerprint density at radius 2 is 2.07 bits per heavy atom. The van der Waals surface area contributed by atoms with Gasteiger partial charge in [-0.1, -0.05) is 12.1 Å². The number of halogens is 3. The van der Waals surface area contributed by atoms with Crippen LogP contribution in [0, 0.1) is 0 Å². The van der Waals surface area contributed by atoms with E-state index in [1.54, 1.807) is 40.1 Å². The molecule has 3 aromatic rings. The zero-order valence-corrected chi connectivity index (χ0v) is 14.9. The zero-order valence-electron chi connectivity index (χ0n) is 14.9. The van der Waals surface area contributed by atoms with Crippen LogP contribution in [0.15, 0.2) is 59.5 Å². The Labute approximate surface area is 159 Å². The Morgan fingerprint density at radius 3 is 2.75 bits per heavy atom. The van der Waals surface area contributed by atoms with Gasteiger partial charge in [-0.3, -0.25) is 4.79 Å². The van der Waals surface area contributed by atoms with E-state index in [0.717, 1.165) is 25.0 Å². The fourth-order valence-corrected chi connectivity index (χ4v) is 3.13. The van der Waals surface area contributed by atoms with Gasteiger partial charge in [0.15, 0.2) is 5.76 Å². The minimum Gasteiger partial charge on any atom is -0.459 e. The highest BCUT2D eigenvalue weighted by Gasteiger charge is 2.35. The van der Waals surface area contributed by atoms with Gasteiger partial charge in [-0.15, -0.1) is 0 Å². The average molecular weight is 389 g/mol. The maximum absolute atomic E-state index is 12.9. The highest BCUT2D eigenvalue weighted by atomic mass is 19.4. The second-order valence-corrected chi connectivity index (χ2v) is 6.81. The number of aromatic nitrogens is 2. The van der Waals surface area contributed by atoms with Crippen molar-refractivity contribution in [2.75, 3.05) is 0 Å². The van der Waals surface area contributed by atoms with Gasteiger partial charge < -0.3 is 13.9 Å². The number of rotatable bonds is 6. The van der Waals surface area contributed by atoms with E-state index in [2.05, 4.69) is 4.98 Å². The molecule has 0 saturated heterocycles. The molecule has 0 N–H and O–H groups in total. The van der Waals surface area contributed by atoms with Crippen molar-refractivity contribution in [1.82, 2.24) is 14.5 Å². The van der Waals surface area contributed by atoms with Crippen LogP contribution in [0.25, 0.3) is 0 Å². The summed E-state index contributed by atoms with van der Waals surface area (Å²) in [5, 5.41) is 0. The van der Waals surface area contributed by atoms with Crippen molar-refractivity contribution in [2.24, 2.45) is 0 Å². The van der Waals surface area contributed by atoms with Crippen molar-refractivity contribution < 1.29 is 22.4 Å². The first-order valence-corrected chi connectivity index (χ1v) is 8.92. The Balaban J connectivity index is 1.53. The molecule has 8 heteroatoms. The van der Waals surface area contributed by atoms with E-state index in [-0.39, 0.29) is 30.8 Å². The van der Waals surface area contributed by atoms with E-state index in [4.69, 9.17) is 4.42 Å². The van der Waals surface area contributed by atoms with Crippen LogP contribution in [-0.4, -0.2) is 26.4 Å². The third-order valence-corrected chi connectivity index (χ3v) is 4.70. The number of imidazole rings is 1. The summed E-state index contributed by atoms with van der Waals surface area (Å²) in [5.41, 5.74) is -0.163. The average Bonchev–Trinajstić information content (AvgIpc) is 3.16. The molecule has 0 spiro atoms. The monoisotopic (exact) mass is 389 g/mol. The SMILES string of the molecule is O=C(c1ccco1)N(Cc1nccn1Cc1cccc(C(F)(F)F)c1)C1CC1. The van der Waals surface area contributed by atoms with E-state index in [1.165, 1.54) is 12.3 Å².